The Balaban J connectivity index is 1.82. The van der Waals surface area contributed by atoms with Crippen molar-refractivity contribution in [2.45, 2.75) is 104 Å². The Labute approximate surface area is 225 Å². The van der Waals surface area contributed by atoms with Crippen molar-refractivity contribution in [3.8, 4) is 0 Å². The van der Waals surface area contributed by atoms with Crippen LogP contribution >= 0.6 is 11.3 Å². The maximum Gasteiger partial charge on any atom is 0.494 e. The molecule has 1 aliphatic heterocycles. The average molecular weight is 529 g/mol. The summed E-state index contributed by atoms with van der Waals surface area (Å²) in [6.45, 7) is 19.7. The van der Waals surface area contributed by atoms with E-state index in [0.29, 0.717) is 4.88 Å². The summed E-state index contributed by atoms with van der Waals surface area (Å²) in [5.74, 6) is 5.36. The topological polar surface area (TPSA) is 91.1 Å². The molecule has 1 aromatic heterocycles. The van der Waals surface area contributed by atoms with Crippen LogP contribution in [0.15, 0.2) is 36.4 Å². The van der Waals surface area contributed by atoms with Gasteiger partial charge in [-0.3, -0.25) is 9.80 Å². The molecule has 7 nitrogen and oxygen atoms in total. The second kappa shape index (κ2) is 10.2. The fraction of sp³-hybridized carbons (Fsp3) is 0.571. The number of thiophene rings is 1. The van der Waals surface area contributed by atoms with Gasteiger partial charge in [-0.25, -0.2) is 10.6 Å². The van der Waals surface area contributed by atoms with Crippen molar-refractivity contribution in [3.63, 3.8) is 0 Å². The van der Waals surface area contributed by atoms with Gasteiger partial charge >= 0.3 is 13.1 Å². The van der Waals surface area contributed by atoms with Crippen molar-refractivity contribution < 1.29 is 23.6 Å². The molecule has 0 bridgehead atoms. The van der Waals surface area contributed by atoms with Gasteiger partial charge in [0.25, 0.3) is 5.91 Å². The molecular weight excluding hydrogens is 487 g/mol. The van der Waals surface area contributed by atoms with E-state index in [9.17, 15) is 9.59 Å². The van der Waals surface area contributed by atoms with Gasteiger partial charge in [0.05, 0.1) is 16.1 Å². The van der Waals surface area contributed by atoms with Crippen molar-refractivity contribution >= 4 is 35.8 Å². The van der Waals surface area contributed by atoms with E-state index in [4.69, 9.17) is 19.9 Å². The van der Waals surface area contributed by atoms with Crippen molar-refractivity contribution in [2.75, 3.05) is 0 Å². The molecule has 1 aromatic carbocycles. The summed E-state index contributed by atoms with van der Waals surface area (Å²) in [5.41, 5.74) is 0.0282. The summed E-state index contributed by atoms with van der Waals surface area (Å²) in [5, 5.41) is 1.01. The van der Waals surface area contributed by atoms with Crippen LogP contribution in [0.3, 0.4) is 0 Å². The van der Waals surface area contributed by atoms with E-state index >= 15 is 0 Å². The minimum atomic E-state index is -0.991. The molecule has 0 unspecified atom stereocenters. The van der Waals surface area contributed by atoms with Gasteiger partial charge < -0.3 is 14.0 Å². The molecule has 9 heteroatoms. The number of benzene rings is 1. The lowest BCUT2D eigenvalue weighted by molar-refractivity contribution is -0.160. The smallest absolute Gasteiger partial charge is 0.458 e. The van der Waals surface area contributed by atoms with Crippen LogP contribution in [0.4, 0.5) is 0 Å². The standard InChI is InChI=1S/C28H41BN2O5S/c1-25(2,3)22-16-15-21(37-22)23(32)31(30)20(24(33)34-26(4,5)6)17-18-11-13-19(14-12-18)29-35-27(7,8)28(9,10)36-29/h11-16,20H,17,30H2,1-10H3/t20-/m0/s1. The fourth-order valence-electron chi connectivity index (χ4n) is 3.80. The maximum atomic E-state index is 13.3. The van der Waals surface area contributed by atoms with Gasteiger partial charge in [0.1, 0.15) is 11.6 Å². The molecule has 0 aliphatic carbocycles. The number of esters is 1. The lowest BCUT2D eigenvalue weighted by Gasteiger charge is -2.32. The van der Waals surface area contributed by atoms with Crippen LogP contribution < -0.4 is 11.3 Å². The quantitative estimate of drug-likeness (QED) is 0.194. The summed E-state index contributed by atoms with van der Waals surface area (Å²) in [4.78, 5) is 28.0. The summed E-state index contributed by atoms with van der Waals surface area (Å²) in [6, 6.07) is 10.3. The summed E-state index contributed by atoms with van der Waals surface area (Å²) >= 11 is 1.39. The van der Waals surface area contributed by atoms with Crippen LogP contribution in [0.2, 0.25) is 0 Å². The number of hydrazine groups is 1. The molecule has 2 heterocycles. The largest absolute Gasteiger partial charge is 0.494 e. The highest BCUT2D eigenvalue weighted by molar-refractivity contribution is 7.14. The number of ether oxygens (including phenoxy) is 1. The molecule has 1 saturated heterocycles. The first-order valence-electron chi connectivity index (χ1n) is 12.7. The van der Waals surface area contributed by atoms with E-state index < -0.39 is 41.8 Å². The lowest BCUT2D eigenvalue weighted by Crippen LogP contribution is -2.52. The normalized spacial score (nSPS) is 18.0. The van der Waals surface area contributed by atoms with Crippen molar-refractivity contribution in [3.05, 3.63) is 51.7 Å². The minimum Gasteiger partial charge on any atom is -0.458 e. The van der Waals surface area contributed by atoms with Crippen LogP contribution in [0.1, 0.15) is 89.3 Å². The van der Waals surface area contributed by atoms with Gasteiger partial charge in [-0.15, -0.1) is 11.3 Å². The van der Waals surface area contributed by atoms with Gasteiger partial charge in [0, 0.05) is 11.3 Å². The third kappa shape index (κ3) is 6.82. The second-order valence-corrected chi connectivity index (χ2v) is 13.8. The Bertz CT molecular complexity index is 1110. The molecular formula is C28H41BN2O5S. The van der Waals surface area contributed by atoms with Crippen LogP contribution in [-0.4, -0.2) is 46.8 Å². The van der Waals surface area contributed by atoms with Gasteiger partial charge in [-0.1, -0.05) is 45.0 Å². The fourth-order valence-corrected chi connectivity index (χ4v) is 4.81. The summed E-state index contributed by atoms with van der Waals surface area (Å²) < 4.78 is 17.9. The Hall–Kier alpha value is -2.20. The van der Waals surface area contributed by atoms with Crippen molar-refractivity contribution in [2.24, 2.45) is 5.84 Å². The zero-order valence-corrected chi connectivity index (χ0v) is 24.6. The second-order valence-electron chi connectivity index (χ2n) is 12.7. The van der Waals surface area contributed by atoms with E-state index in [2.05, 4.69) is 20.8 Å². The highest BCUT2D eigenvalue weighted by atomic mass is 32.1. The Kier molecular flexibility index (Phi) is 8.07. The average Bonchev–Trinajstić information content (AvgIpc) is 3.33. The van der Waals surface area contributed by atoms with Gasteiger partial charge in [-0.05, 0) is 77.0 Å². The predicted octanol–water partition coefficient (Wildman–Crippen LogP) is 4.61. The highest BCUT2D eigenvalue weighted by Gasteiger charge is 2.51. The first-order chi connectivity index (χ1) is 16.8. The molecule has 1 aliphatic rings. The monoisotopic (exact) mass is 528 g/mol. The summed E-state index contributed by atoms with van der Waals surface area (Å²) in [6.07, 6.45) is 0.207. The number of nitrogens with zero attached hydrogens (tertiary/aromatic N) is 1. The maximum absolute atomic E-state index is 13.3. The number of carbonyl (C=O) groups excluding carboxylic acids is 2. The minimum absolute atomic E-state index is 0.0912. The Morgan fingerprint density at radius 1 is 0.973 bits per heavy atom. The predicted molar refractivity (Wildman–Crippen MR) is 149 cm³/mol. The molecule has 0 saturated carbocycles. The number of amides is 1. The first kappa shape index (κ1) is 29.4. The molecule has 1 fully saturated rings. The van der Waals surface area contributed by atoms with Gasteiger partial charge in [-0.2, -0.15) is 0 Å². The van der Waals surface area contributed by atoms with Crippen molar-refractivity contribution in [1.29, 1.82) is 0 Å². The Morgan fingerprint density at radius 3 is 1.97 bits per heavy atom. The third-order valence-corrected chi connectivity index (χ3v) is 8.24. The van der Waals surface area contributed by atoms with Gasteiger partial charge in [0.15, 0.2) is 0 Å². The van der Waals surface area contributed by atoms with Gasteiger partial charge in [0.2, 0.25) is 0 Å². The number of nitrogens with two attached hydrogens (primary N) is 1. The van der Waals surface area contributed by atoms with Crippen LogP contribution in [0.5, 0.6) is 0 Å². The number of carbonyl (C=O) groups is 2. The molecule has 2 N–H and O–H groups in total. The van der Waals surface area contributed by atoms with Crippen LogP contribution in [0.25, 0.3) is 0 Å². The van der Waals surface area contributed by atoms with E-state index in [1.54, 1.807) is 26.8 Å². The van der Waals surface area contributed by atoms with E-state index in [1.807, 2.05) is 58.0 Å². The first-order valence-corrected chi connectivity index (χ1v) is 13.5. The van der Waals surface area contributed by atoms with E-state index in [0.717, 1.165) is 20.9 Å². The van der Waals surface area contributed by atoms with E-state index in [-0.39, 0.29) is 11.8 Å². The number of hydrogen-bond donors (Lipinski definition) is 1. The van der Waals surface area contributed by atoms with Crippen LogP contribution in [0, 0.1) is 0 Å². The number of rotatable bonds is 6. The zero-order valence-electron chi connectivity index (χ0n) is 23.8. The lowest BCUT2D eigenvalue weighted by atomic mass is 9.78. The van der Waals surface area contributed by atoms with Crippen molar-refractivity contribution in [1.82, 2.24) is 5.01 Å². The molecule has 0 radical (unpaired) electrons. The molecule has 0 spiro atoms. The van der Waals surface area contributed by atoms with Crippen LogP contribution in [-0.2, 0) is 30.7 Å². The summed E-state index contributed by atoms with van der Waals surface area (Å²) in [7, 11) is -0.482. The number of hydrogen-bond acceptors (Lipinski definition) is 7. The van der Waals surface area contributed by atoms with E-state index in [1.165, 1.54) is 11.3 Å². The molecule has 37 heavy (non-hydrogen) atoms. The molecule has 1 amide bonds. The molecule has 1 atom stereocenters. The molecule has 202 valence electrons. The highest BCUT2D eigenvalue weighted by Crippen LogP contribution is 2.36. The zero-order chi connectivity index (χ0) is 28.0. The third-order valence-electron chi connectivity index (χ3n) is 6.74. The molecule has 2 aromatic rings. The molecule has 3 rings (SSSR count). The SMILES string of the molecule is CC(C)(C)OC(=O)[C@H](Cc1ccc(B2OC(C)(C)C(C)(C)O2)cc1)N(N)C(=O)c1ccc(C(C)(C)C)s1. The Morgan fingerprint density at radius 2 is 1.51 bits per heavy atom.